The molecule has 0 unspecified atom stereocenters. The van der Waals surface area contributed by atoms with Crippen LogP contribution in [0.15, 0.2) is 60.7 Å². The second-order valence-corrected chi connectivity index (χ2v) is 7.77. The SMILES string of the molecule is CC(=O)N(C)[C@@H]1[C@@H](OCc2ccccc2)[C@@H](Cl)O[C@H](C)[C@H]1OCc1ccccc1. The Labute approximate surface area is 177 Å². The molecule has 0 bridgehead atoms. The van der Waals surface area contributed by atoms with Crippen molar-refractivity contribution in [3.63, 3.8) is 0 Å². The Bertz CT molecular complexity index is 717. The van der Waals surface area contributed by atoms with Crippen molar-refractivity contribution in [1.82, 2.24) is 4.90 Å². The molecule has 156 valence electrons. The monoisotopic (exact) mass is 417 g/mol. The van der Waals surface area contributed by atoms with Gasteiger partial charge in [-0.15, -0.1) is 0 Å². The van der Waals surface area contributed by atoms with Gasteiger partial charge in [0, 0.05) is 14.0 Å². The van der Waals surface area contributed by atoms with Gasteiger partial charge in [0.2, 0.25) is 5.91 Å². The lowest BCUT2D eigenvalue weighted by atomic mass is 9.95. The number of likely N-dealkylation sites (N-methyl/N-ethyl adjacent to an activating group) is 1. The zero-order valence-corrected chi connectivity index (χ0v) is 17.8. The van der Waals surface area contributed by atoms with E-state index in [0.29, 0.717) is 13.2 Å². The molecule has 0 aromatic heterocycles. The molecule has 2 aromatic carbocycles. The maximum Gasteiger partial charge on any atom is 0.219 e. The van der Waals surface area contributed by atoms with Crippen molar-refractivity contribution in [1.29, 1.82) is 0 Å². The second kappa shape index (κ2) is 10.2. The Morgan fingerprint density at radius 3 is 1.93 bits per heavy atom. The highest BCUT2D eigenvalue weighted by Crippen LogP contribution is 2.32. The highest BCUT2D eigenvalue weighted by Gasteiger charge is 2.47. The van der Waals surface area contributed by atoms with Gasteiger partial charge in [0.1, 0.15) is 12.2 Å². The average Bonchev–Trinajstić information content (AvgIpc) is 2.72. The van der Waals surface area contributed by atoms with E-state index >= 15 is 0 Å². The molecule has 1 aliphatic heterocycles. The van der Waals surface area contributed by atoms with Crippen LogP contribution in [0.25, 0.3) is 0 Å². The Hall–Kier alpha value is -1.92. The molecule has 6 heteroatoms. The van der Waals surface area contributed by atoms with Gasteiger partial charge in [0.05, 0.1) is 25.4 Å². The summed E-state index contributed by atoms with van der Waals surface area (Å²) in [4.78, 5) is 13.9. The minimum Gasteiger partial charge on any atom is -0.369 e. The van der Waals surface area contributed by atoms with Gasteiger partial charge >= 0.3 is 0 Å². The summed E-state index contributed by atoms with van der Waals surface area (Å²) in [7, 11) is 1.76. The van der Waals surface area contributed by atoms with Crippen LogP contribution in [-0.2, 0) is 32.2 Å². The molecular weight excluding hydrogens is 390 g/mol. The Morgan fingerprint density at radius 2 is 1.45 bits per heavy atom. The molecule has 3 rings (SSSR count). The van der Waals surface area contributed by atoms with Crippen molar-refractivity contribution in [3.05, 3.63) is 71.8 Å². The van der Waals surface area contributed by atoms with Crippen LogP contribution in [-0.4, -0.2) is 47.8 Å². The molecule has 0 N–H and O–H groups in total. The molecular formula is C23H28ClNO4. The number of benzene rings is 2. The summed E-state index contributed by atoms with van der Waals surface area (Å²) in [5.74, 6) is -0.0745. The molecule has 5 atom stereocenters. The third-order valence-electron chi connectivity index (χ3n) is 5.25. The van der Waals surface area contributed by atoms with Crippen LogP contribution < -0.4 is 0 Å². The van der Waals surface area contributed by atoms with E-state index < -0.39 is 11.7 Å². The van der Waals surface area contributed by atoms with Crippen molar-refractivity contribution in [2.24, 2.45) is 0 Å². The van der Waals surface area contributed by atoms with Crippen molar-refractivity contribution >= 4 is 17.5 Å². The van der Waals surface area contributed by atoms with Crippen molar-refractivity contribution in [2.45, 2.75) is 57.0 Å². The average molecular weight is 418 g/mol. The first-order valence-corrected chi connectivity index (χ1v) is 10.2. The molecule has 1 fully saturated rings. The fourth-order valence-corrected chi connectivity index (χ4v) is 3.96. The lowest BCUT2D eigenvalue weighted by Crippen LogP contribution is -2.63. The third-order valence-corrected chi connectivity index (χ3v) is 5.60. The second-order valence-electron chi connectivity index (χ2n) is 7.34. The van der Waals surface area contributed by atoms with Gasteiger partial charge in [-0.05, 0) is 18.1 Å². The quantitative estimate of drug-likeness (QED) is 0.639. The molecule has 0 saturated carbocycles. The molecule has 0 spiro atoms. The van der Waals surface area contributed by atoms with Crippen molar-refractivity contribution in [2.75, 3.05) is 7.05 Å². The van der Waals surface area contributed by atoms with Gasteiger partial charge in [-0.25, -0.2) is 0 Å². The number of halogens is 1. The van der Waals surface area contributed by atoms with Gasteiger partial charge in [-0.3, -0.25) is 4.79 Å². The Morgan fingerprint density at radius 1 is 0.966 bits per heavy atom. The number of ether oxygens (including phenoxy) is 3. The summed E-state index contributed by atoms with van der Waals surface area (Å²) in [6, 6.07) is 19.4. The predicted octanol–water partition coefficient (Wildman–Crippen LogP) is 3.99. The lowest BCUT2D eigenvalue weighted by Gasteiger charge is -2.47. The van der Waals surface area contributed by atoms with Crippen LogP contribution in [0.1, 0.15) is 25.0 Å². The van der Waals surface area contributed by atoms with Crippen LogP contribution >= 0.6 is 11.6 Å². The predicted molar refractivity (Wildman–Crippen MR) is 112 cm³/mol. The molecule has 5 nitrogen and oxygen atoms in total. The van der Waals surface area contributed by atoms with Gasteiger partial charge < -0.3 is 19.1 Å². The van der Waals surface area contributed by atoms with Crippen LogP contribution in [0, 0.1) is 0 Å². The van der Waals surface area contributed by atoms with E-state index in [1.54, 1.807) is 11.9 Å². The van der Waals surface area contributed by atoms with Gasteiger partial charge in [-0.1, -0.05) is 72.3 Å². The maximum atomic E-state index is 12.2. The minimum absolute atomic E-state index is 0.0745. The highest BCUT2D eigenvalue weighted by molar-refractivity contribution is 6.20. The van der Waals surface area contributed by atoms with E-state index in [4.69, 9.17) is 25.8 Å². The van der Waals surface area contributed by atoms with E-state index in [9.17, 15) is 4.79 Å². The summed E-state index contributed by atoms with van der Waals surface area (Å²) in [6.07, 6.45) is -1.19. The number of amides is 1. The normalized spacial score (nSPS) is 26.8. The maximum absolute atomic E-state index is 12.2. The standard InChI is InChI=1S/C23H28ClNO4/c1-16-21(27-14-18-10-6-4-7-11-18)20(25(3)17(2)26)22(23(24)29-16)28-15-19-12-8-5-9-13-19/h4-13,16,20-23H,14-15H2,1-3H3/t16-,20+,21-,22-,23+/m1/s1. The first-order chi connectivity index (χ1) is 14.0. The summed E-state index contributed by atoms with van der Waals surface area (Å²) in [6.45, 7) is 4.24. The molecule has 1 saturated heterocycles. The molecule has 2 aromatic rings. The number of rotatable bonds is 7. The zero-order chi connectivity index (χ0) is 20.8. The first kappa shape index (κ1) is 21.8. The largest absolute Gasteiger partial charge is 0.369 e. The number of carbonyl (C=O) groups is 1. The van der Waals surface area contributed by atoms with E-state index in [-0.39, 0.29) is 24.2 Å². The van der Waals surface area contributed by atoms with E-state index in [0.717, 1.165) is 11.1 Å². The number of alkyl halides is 1. The van der Waals surface area contributed by atoms with Crippen LogP contribution in [0.4, 0.5) is 0 Å². The third kappa shape index (κ3) is 5.58. The first-order valence-electron chi connectivity index (χ1n) is 9.81. The van der Waals surface area contributed by atoms with E-state index in [1.807, 2.05) is 67.6 Å². The van der Waals surface area contributed by atoms with Gasteiger partial charge in [-0.2, -0.15) is 0 Å². The smallest absolute Gasteiger partial charge is 0.219 e. The number of hydrogen-bond acceptors (Lipinski definition) is 4. The van der Waals surface area contributed by atoms with Crippen molar-refractivity contribution < 1.29 is 19.0 Å². The van der Waals surface area contributed by atoms with Crippen LogP contribution in [0.5, 0.6) is 0 Å². The van der Waals surface area contributed by atoms with Gasteiger partial charge in [0.25, 0.3) is 0 Å². The van der Waals surface area contributed by atoms with Crippen LogP contribution in [0.3, 0.4) is 0 Å². The zero-order valence-electron chi connectivity index (χ0n) is 17.0. The van der Waals surface area contributed by atoms with Gasteiger partial charge in [0.15, 0.2) is 5.56 Å². The molecule has 1 aliphatic rings. The van der Waals surface area contributed by atoms with Crippen LogP contribution in [0.2, 0.25) is 0 Å². The summed E-state index contributed by atoms with van der Waals surface area (Å²) in [5, 5.41) is 0. The highest BCUT2D eigenvalue weighted by atomic mass is 35.5. The minimum atomic E-state index is -0.683. The number of hydrogen-bond donors (Lipinski definition) is 0. The molecule has 0 aliphatic carbocycles. The number of carbonyl (C=O) groups excluding carboxylic acids is 1. The lowest BCUT2D eigenvalue weighted by molar-refractivity contribution is -0.210. The molecule has 29 heavy (non-hydrogen) atoms. The fourth-order valence-electron chi connectivity index (χ4n) is 3.57. The number of nitrogens with zero attached hydrogens (tertiary/aromatic N) is 1. The Kier molecular flexibility index (Phi) is 7.67. The summed E-state index contributed by atoms with van der Waals surface area (Å²) < 4.78 is 18.3. The fraction of sp³-hybridized carbons (Fsp3) is 0.435. The molecule has 1 heterocycles. The Balaban J connectivity index is 1.79. The van der Waals surface area contributed by atoms with E-state index in [1.165, 1.54) is 6.92 Å². The summed E-state index contributed by atoms with van der Waals surface area (Å²) in [5.41, 5.74) is 1.40. The molecule has 1 amide bonds. The summed E-state index contributed by atoms with van der Waals surface area (Å²) >= 11 is 6.53. The van der Waals surface area contributed by atoms with Crippen molar-refractivity contribution in [3.8, 4) is 0 Å². The molecule has 0 radical (unpaired) electrons. The van der Waals surface area contributed by atoms with E-state index in [2.05, 4.69) is 0 Å². The topological polar surface area (TPSA) is 48.0 Å².